The minimum atomic E-state index is -0.742. The topological polar surface area (TPSA) is 49.8 Å². The van der Waals surface area contributed by atoms with Crippen LogP contribution in [0.4, 0.5) is 0 Å². The Bertz CT molecular complexity index is 257. The molecule has 1 rings (SSSR count). The molecule has 1 aliphatic heterocycles. The van der Waals surface area contributed by atoms with Gasteiger partial charge in [-0.1, -0.05) is 0 Å². The van der Waals surface area contributed by atoms with Crippen LogP contribution in [0.1, 0.15) is 41.0 Å². The standard InChI is InChI=1S/C12H23NO3/c1-8(2)13-7-9(16-12(3,4)5)6-10(13)11(14)15/h8-10H,6-7H2,1-5H3,(H,14,15)/t9-,10-/m1/s1. The number of carboxylic acids is 1. The molecule has 0 bridgehead atoms. The Morgan fingerprint density at radius 3 is 2.31 bits per heavy atom. The van der Waals surface area contributed by atoms with E-state index in [4.69, 9.17) is 9.84 Å². The van der Waals surface area contributed by atoms with Crippen LogP contribution in [0, 0.1) is 0 Å². The van der Waals surface area contributed by atoms with Gasteiger partial charge in [0, 0.05) is 19.0 Å². The fourth-order valence-corrected chi connectivity index (χ4v) is 2.22. The Hall–Kier alpha value is -0.610. The Balaban J connectivity index is 2.66. The summed E-state index contributed by atoms with van der Waals surface area (Å²) in [5.41, 5.74) is -0.208. The number of hydrogen-bond acceptors (Lipinski definition) is 3. The summed E-state index contributed by atoms with van der Waals surface area (Å²) in [5, 5.41) is 9.15. The van der Waals surface area contributed by atoms with Crippen molar-refractivity contribution in [3.63, 3.8) is 0 Å². The molecule has 0 unspecified atom stereocenters. The fraction of sp³-hybridized carbons (Fsp3) is 0.917. The zero-order valence-corrected chi connectivity index (χ0v) is 10.9. The zero-order chi connectivity index (χ0) is 12.5. The number of likely N-dealkylation sites (tertiary alicyclic amines) is 1. The molecular weight excluding hydrogens is 206 g/mol. The number of carboxylic acid groups (broad SMARTS) is 1. The predicted molar refractivity (Wildman–Crippen MR) is 62.5 cm³/mol. The van der Waals surface area contributed by atoms with Crippen molar-refractivity contribution in [2.45, 2.75) is 64.8 Å². The van der Waals surface area contributed by atoms with E-state index in [1.165, 1.54) is 0 Å². The third-order valence-electron chi connectivity index (χ3n) is 2.77. The number of aliphatic carboxylic acids is 1. The van der Waals surface area contributed by atoms with Crippen molar-refractivity contribution in [2.24, 2.45) is 0 Å². The van der Waals surface area contributed by atoms with Gasteiger partial charge in [0.25, 0.3) is 0 Å². The first-order chi connectivity index (χ1) is 7.20. The minimum Gasteiger partial charge on any atom is -0.480 e. The van der Waals surface area contributed by atoms with Gasteiger partial charge in [-0.2, -0.15) is 0 Å². The fourth-order valence-electron chi connectivity index (χ4n) is 2.22. The molecule has 94 valence electrons. The largest absolute Gasteiger partial charge is 0.480 e. The summed E-state index contributed by atoms with van der Waals surface area (Å²) in [4.78, 5) is 13.1. The molecule has 0 spiro atoms. The average molecular weight is 229 g/mol. The van der Waals surface area contributed by atoms with E-state index in [1.807, 2.05) is 39.5 Å². The summed E-state index contributed by atoms with van der Waals surface area (Å²) in [6, 6.07) is -0.151. The third-order valence-corrected chi connectivity index (χ3v) is 2.77. The monoisotopic (exact) mass is 229 g/mol. The maximum absolute atomic E-state index is 11.1. The van der Waals surface area contributed by atoms with Crippen LogP contribution in [0.25, 0.3) is 0 Å². The molecule has 0 saturated carbocycles. The van der Waals surface area contributed by atoms with Crippen molar-refractivity contribution in [3.05, 3.63) is 0 Å². The number of hydrogen-bond donors (Lipinski definition) is 1. The second kappa shape index (κ2) is 4.72. The van der Waals surface area contributed by atoms with Gasteiger partial charge < -0.3 is 9.84 Å². The number of carbonyl (C=O) groups is 1. The van der Waals surface area contributed by atoms with E-state index in [1.54, 1.807) is 0 Å². The molecule has 1 N–H and O–H groups in total. The van der Waals surface area contributed by atoms with Gasteiger partial charge in [0.15, 0.2) is 0 Å². The molecule has 1 saturated heterocycles. The Kier molecular flexibility index (Phi) is 3.97. The highest BCUT2D eigenvalue weighted by atomic mass is 16.5. The van der Waals surface area contributed by atoms with Crippen molar-refractivity contribution in [1.82, 2.24) is 4.90 Å². The molecule has 0 amide bonds. The normalized spacial score (nSPS) is 27.6. The SMILES string of the molecule is CC(C)N1C[C@H](OC(C)(C)C)C[C@@H]1C(=O)O. The molecule has 0 aromatic rings. The number of nitrogens with zero attached hydrogens (tertiary/aromatic N) is 1. The lowest BCUT2D eigenvalue weighted by atomic mass is 10.1. The lowest BCUT2D eigenvalue weighted by molar-refractivity contribution is -0.142. The van der Waals surface area contributed by atoms with E-state index in [2.05, 4.69) is 0 Å². The van der Waals surface area contributed by atoms with Crippen LogP contribution in [-0.2, 0) is 9.53 Å². The molecular formula is C12H23NO3. The maximum atomic E-state index is 11.1. The molecule has 1 aliphatic rings. The highest BCUT2D eigenvalue weighted by Gasteiger charge is 2.39. The summed E-state index contributed by atoms with van der Waals surface area (Å²) in [6.45, 7) is 10.8. The first-order valence-corrected chi connectivity index (χ1v) is 5.87. The van der Waals surface area contributed by atoms with Gasteiger partial charge in [-0.05, 0) is 34.6 Å². The van der Waals surface area contributed by atoms with Crippen LogP contribution in [0.3, 0.4) is 0 Å². The predicted octanol–water partition coefficient (Wildman–Crippen LogP) is 1.74. The third kappa shape index (κ3) is 3.46. The Morgan fingerprint density at radius 1 is 1.44 bits per heavy atom. The van der Waals surface area contributed by atoms with Crippen LogP contribution >= 0.6 is 0 Å². The van der Waals surface area contributed by atoms with E-state index in [9.17, 15) is 4.79 Å². The van der Waals surface area contributed by atoms with Crippen molar-refractivity contribution in [1.29, 1.82) is 0 Å². The highest BCUT2D eigenvalue weighted by molar-refractivity contribution is 5.74. The van der Waals surface area contributed by atoms with Gasteiger partial charge in [-0.25, -0.2) is 0 Å². The van der Waals surface area contributed by atoms with Crippen molar-refractivity contribution in [2.75, 3.05) is 6.54 Å². The Labute approximate surface area is 97.6 Å². The van der Waals surface area contributed by atoms with E-state index >= 15 is 0 Å². The first kappa shape index (κ1) is 13.5. The molecule has 2 atom stereocenters. The zero-order valence-electron chi connectivity index (χ0n) is 10.9. The van der Waals surface area contributed by atoms with Crippen LogP contribution in [-0.4, -0.2) is 46.3 Å². The van der Waals surface area contributed by atoms with Gasteiger partial charge in [-0.15, -0.1) is 0 Å². The second-order valence-electron chi connectivity index (χ2n) is 5.73. The second-order valence-corrected chi connectivity index (χ2v) is 5.73. The lowest BCUT2D eigenvalue weighted by Gasteiger charge is -2.26. The minimum absolute atomic E-state index is 0.0310. The highest BCUT2D eigenvalue weighted by Crippen LogP contribution is 2.26. The molecule has 1 heterocycles. The number of ether oxygens (including phenoxy) is 1. The molecule has 0 aromatic heterocycles. The van der Waals surface area contributed by atoms with Gasteiger partial charge in [0.05, 0.1) is 11.7 Å². The summed E-state index contributed by atoms with van der Waals surface area (Å²) in [7, 11) is 0. The molecule has 1 fully saturated rings. The van der Waals surface area contributed by atoms with Crippen LogP contribution in [0.5, 0.6) is 0 Å². The van der Waals surface area contributed by atoms with Gasteiger partial charge >= 0.3 is 5.97 Å². The van der Waals surface area contributed by atoms with Crippen LogP contribution in [0.2, 0.25) is 0 Å². The van der Waals surface area contributed by atoms with E-state index in [-0.39, 0.29) is 17.7 Å². The van der Waals surface area contributed by atoms with E-state index in [0.717, 1.165) is 0 Å². The van der Waals surface area contributed by atoms with Crippen molar-refractivity contribution < 1.29 is 14.6 Å². The van der Waals surface area contributed by atoms with Crippen LogP contribution in [0.15, 0.2) is 0 Å². The van der Waals surface area contributed by atoms with E-state index < -0.39 is 12.0 Å². The molecule has 4 heteroatoms. The van der Waals surface area contributed by atoms with Gasteiger partial charge in [-0.3, -0.25) is 9.69 Å². The summed E-state index contributed by atoms with van der Waals surface area (Å²) in [5.74, 6) is -0.742. The molecule has 0 aromatic carbocycles. The number of rotatable bonds is 3. The molecule has 0 radical (unpaired) electrons. The smallest absolute Gasteiger partial charge is 0.321 e. The van der Waals surface area contributed by atoms with Crippen molar-refractivity contribution in [3.8, 4) is 0 Å². The van der Waals surface area contributed by atoms with Gasteiger partial charge in [0.1, 0.15) is 6.04 Å². The van der Waals surface area contributed by atoms with Crippen molar-refractivity contribution >= 4 is 5.97 Å². The van der Waals surface area contributed by atoms with Crippen LogP contribution < -0.4 is 0 Å². The summed E-state index contributed by atoms with van der Waals surface area (Å²) < 4.78 is 5.85. The Morgan fingerprint density at radius 2 is 2.00 bits per heavy atom. The maximum Gasteiger partial charge on any atom is 0.321 e. The quantitative estimate of drug-likeness (QED) is 0.801. The summed E-state index contributed by atoms with van der Waals surface area (Å²) >= 11 is 0. The molecule has 4 nitrogen and oxygen atoms in total. The van der Waals surface area contributed by atoms with E-state index in [0.29, 0.717) is 13.0 Å². The molecule has 0 aliphatic carbocycles. The average Bonchev–Trinajstić information content (AvgIpc) is 2.44. The lowest BCUT2D eigenvalue weighted by Crippen LogP contribution is -2.40. The van der Waals surface area contributed by atoms with Gasteiger partial charge in [0.2, 0.25) is 0 Å². The molecule has 16 heavy (non-hydrogen) atoms. The summed E-state index contributed by atoms with van der Waals surface area (Å²) in [6.07, 6.45) is 0.619. The first-order valence-electron chi connectivity index (χ1n) is 5.87.